The molecule has 0 amide bonds. The summed E-state index contributed by atoms with van der Waals surface area (Å²) in [6.45, 7) is -0.967. The molecule has 0 heterocycles. The molecule has 0 saturated heterocycles. The van der Waals surface area contributed by atoms with Crippen LogP contribution < -0.4 is 5.73 Å². The predicted octanol–water partition coefficient (Wildman–Crippen LogP) is 1.79. The summed E-state index contributed by atoms with van der Waals surface area (Å²) in [6.07, 6.45) is 0. The summed E-state index contributed by atoms with van der Waals surface area (Å²) in [4.78, 5) is 0. The van der Waals surface area contributed by atoms with Gasteiger partial charge in [-0.05, 0) is 12.1 Å². The predicted molar refractivity (Wildman–Crippen MR) is 52.9 cm³/mol. The van der Waals surface area contributed by atoms with Crippen molar-refractivity contribution in [1.29, 1.82) is 5.26 Å². The molecule has 82 valence electrons. The molecule has 1 aromatic carbocycles. The van der Waals surface area contributed by atoms with Crippen LogP contribution in [0.4, 0.5) is 8.78 Å². The van der Waals surface area contributed by atoms with Crippen LogP contribution in [-0.2, 0) is 0 Å². The molecule has 3 N–H and O–H groups in total. The number of nitriles is 1. The Kier molecular flexibility index (Phi) is 4.98. The second kappa shape index (κ2) is 5.49. The van der Waals surface area contributed by atoms with E-state index < -0.39 is 24.3 Å². The summed E-state index contributed by atoms with van der Waals surface area (Å²) in [5.74, 6) is -1.67. The molecule has 0 aliphatic rings. The van der Waals surface area contributed by atoms with Gasteiger partial charge in [-0.1, -0.05) is 0 Å². The van der Waals surface area contributed by atoms with Crippen LogP contribution in [0.3, 0.4) is 0 Å². The molecule has 0 radical (unpaired) electrons. The quantitative estimate of drug-likeness (QED) is 0.820. The van der Waals surface area contributed by atoms with E-state index in [1.54, 1.807) is 6.07 Å². The molecule has 0 spiro atoms. The molecule has 0 unspecified atom stereocenters. The van der Waals surface area contributed by atoms with Gasteiger partial charge < -0.3 is 10.8 Å². The van der Waals surface area contributed by atoms with Crippen molar-refractivity contribution in [2.24, 2.45) is 5.73 Å². The Hall–Kier alpha value is -1.38. The lowest BCUT2D eigenvalue weighted by Gasteiger charge is -2.11. The minimum Gasteiger partial charge on any atom is -0.505 e. The van der Waals surface area contributed by atoms with Crippen molar-refractivity contribution in [2.45, 2.75) is 6.04 Å². The van der Waals surface area contributed by atoms with Gasteiger partial charge in [0.05, 0.1) is 17.7 Å². The van der Waals surface area contributed by atoms with E-state index in [0.29, 0.717) is 0 Å². The molecular weight excluding hydrogens is 226 g/mol. The van der Waals surface area contributed by atoms with Crippen LogP contribution >= 0.6 is 12.4 Å². The van der Waals surface area contributed by atoms with Gasteiger partial charge in [0.1, 0.15) is 6.67 Å². The molecule has 0 saturated carbocycles. The highest BCUT2D eigenvalue weighted by molar-refractivity contribution is 5.85. The molecular formula is C9H9ClF2N2O. The van der Waals surface area contributed by atoms with Crippen molar-refractivity contribution < 1.29 is 13.9 Å². The molecule has 0 aliphatic heterocycles. The second-order valence-electron chi connectivity index (χ2n) is 2.73. The van der Waals surface area contributed by atoms with E-state index in [0.717, 1.165) is 12.1 Å². The van der Waals surface area contributed by atoms with E-state index in [1.165, 1.54) is 0 Å². The van der Waals surface area contributed by atoms with Crippen molar-refractivity contribution in [2.75, 3.05) is 6.67 Å². The molecule has 0 aliphatic carbocycles. The van der Waals surface area contributed by atoms with Gasteiger partial charge in [0.15, 0.2) is 11.6 Å². The lowest BCUT2D eigenvalue weighted by Crippen LogP contribution is -2.14. The smallest absolute Gasteiger partial charge is 0.165 e. The van der Waals surface area contributed by atoms with E-state index in [9.17, 15) is 13.9 Å². The number of hydrogen-bond acceptors (Lipinski definition) is 3. The first-order chi connectivity index (χ1) is 6.61. The lowest BCUT2D eigenvalue weighted by molar-refractivity contribution is 0.395. The van der Waals surface area contributed by atoms with Gasteiger partial charge in [0.2, 0.25) is 0 Å². The van der Waals surface area contributed by atoms with E-state index in [4.69, 9.17) is 11.0 Å². The van der Waals surface area contributed by atoms with E-state index >= 15 is 0 Å². The van der Waals surface area contributed by atoms with Crippen molar-refractivity contribution in [1.82, 2.24) is 0 Å². The molecule has 1 aromatic rings. The number of aromatic hydroxyl groups is 1. The third-order valence-corrected chi connectivity index (χ3v) is 1.83. The fourth-order valence-electron chi connectivity index (χ4n) is 1.13. The molecule has 1 rings (SSSR count). The molecule has 3 nitrogen and oxygen atoms in total. The highest BCUT2D eigenvalue weighted by Gasteiger charge is 2.18. The van der Waals surface area contributed by atoms with Crippen LogP contribution in [-0.4, -0.2) is 11.8 Å². The van der Waals surface area contributed by atoms with Crippen molar-refractivity contribution in [3.63, 3.8) is 0 Å². The Balaban J connectivity index is 0.00000196. The number of rotatable bonds is 2. The first kappa shape index (κ1) is 13.6. The number of halogens is 3. The third kappa shape index (κ3) is 2.55. The maximum Gasteiger partial charge on any atom is 0.165 e. The SMILES string of the molecule is Cl.N#Cc1ccc(F)c(O)c1[C@H](N)CF. The Morgan fingerprint density at radius 2 is 2.13 bits per heavy atom. The van der Waals surface area contributed by atoms with Crippen LogP contribution in [0.15, 0.2) is 12.1 Å². The number of benzene rings is 1. The minimum atomic E-state index is -1.18. The highest BCUT2D eigenvalue weighted by Crippen LogP contribution is 2.29. The summed E-state index contributed by atoms with van der Waals surface area (Å²) in [5, 5.41) is 17.9. The fraction of sp³-hybridized carbons (Fsp3) is 0.222. The Morgan fingerprint density at radius 3 is 2.60 bits per heavy atom. The average molecular weight is 235 g/mol. The molecule has 0 aromatic heterocycles. The normalized spacial score (nSPS) is 11.3. The topological polar surface area (TPSA) is 70.0 Å². The van der Waals surface area contributed by atoms with Crippen LogP contribution in [0.2, 0.25) is 0 Å². The molecule has 1 atom stereocenters. The van der Waals surface area contributed by atoms with Crippen LogP contribution in [0.1, 0.15) is 17.2 Å². The van der Waals surface area contributed by atoms with Gasteiger partial charge in [-0.25, -0.2) is 8.78 Å². The maximum absolute atomic E-state index is 12.9. The summed E-state index contributed by atoms with van der Waals surface area (Å²) < 4.78 is 25.1. The highest BCUT2D eigenvalue weighted by atomic mass is 35.5. The van der Waals surface area contributed by atoms with Gasteiger partial charge in [0.25, 0.3) is 0 Å². The number of phenolic OH excluding ortho intramolecular Hbond substituents is 1. The first-order valence-corrected chi connectivity index (χ1v) is 3.84. The summed E-state index contributed by atoms with van der Waals surface area (Å²) >= 11 is 0. The van der Waals surface area contributed by atoms with Gasteiger partial charge in [0, 0.05) is 5.56 Å². The fourth-order valence-corrected chi connectivity index (χ4v) is 1.13. The maximum atomic E-state index is 12.9. The van der Waals surface area contributed by atoms with Gasteiger partial charge in [-0.2, -0.15) is 5.26 Å². The van der Waals surface area contributed by atoms with Gasteiger partial charge in [-0.15, -0.1) is 12.4 Å². The summed E-state index contributed by atoms with van der Waals surface area (Å²) in [5.41, 5.74) is 5.08. The first-order valence-electron chi connectivity index (χ1n) is 3.84. The van der Waals surface area contributed by atoms with Crippen LogP contribution in [0, 0.1) is 17.1 Å². The Bertz CT molecular complexity index is 392. The lowest BCUT2D eigenvalue weighted by atomic mass is 10.0. The van der Waals surface area contributed by atoms with E-state index in [2.05, 4.69) is 0 Å². The number of hydrogen-bond donors (Lipinski definition) is 2. The van der Waals surface area contributed by atoms with Crippen LogP contribution in [0.25, 0.3) is 0 Å². The van der Waals surface area contributed by atoms with E-state index in [1.807, 2.05) is 0 Å². The monoisotopic (exact) mass is 234 g/mol. The summed E-state index contributed by atoms with van der Waals surface area (Å²) in [7, 11) is 0. The summed E-state index contributed by atoms with van der Waals surface area (Å²) in [6, 6.07) is 2.61. The van der Waals surface area contributed by atoms with Gasteiger partial charge in [-0.3, -0.25) is 0 Å². The molecule has 6 heteroatoms. The molecule has 0 bridgehead atoms. The molecule has 15 heavy (non-hydrogen) atoms. The van der Waals surface area contributed by atoms with Crippen molar-refractivity contribution >= 4 is 12.4 Å². The third-order valence-electron chi connectivity index (χ3n) is 1.83. The zero-order valence-electron chi connectivity index (χ0n) is 7.58. The standard InChI is InChI=1S/C9H8F2N2O.ClH/c10-3-7(13)8-5(4-12)1-2-6(11)9(8)14;/h1-2,7,14H,3,13H2;1H/t7-;/m1./s1. The zero-order valence-corrected chi connectivity index (χ0v) is 8.39. The van der Waals surface area contributed by atoms with Crippen LogP contribution in [0.5, 0.6) is 5.75 Å². The van der Waals surface area contributed by atoms with Crippen molar-refractivity contribution in [3.8, 4) is 11.8 Å². The number of nitrogens with zero attached hydrogens (tertiary/aromatic N) is 1. The average Bonchev–Trinajstić information content (AvgIpc) is 2.20. The van der Waals surface area contributed by atoms with Crippen molar-refractivity contribution in [3.05, 3.63) is 29.1 Å². The second-order valence-corrected chi connectivity index (χ2v) is 2.73. The number of phenols is 1. The Labute approximate surface area is 91.5 Å². The number of nitrogens with two attached hydrogens (primary N) is 1. The van der Waals surface area contributed by atoms with Gasteiger partial charge >= 0.3 is 0 Å². The zero-order chi connectivity index (χ0) is 10.7. The largest absolute Gasteiger partial charge is 0.505 e. The number of alkyl halides is 1. The van der Waals surface area contributed by atoms with E-state index in [-0.39, 0.29) is 23.5 Å². The Morgan fingerprint density at radius 1 is 1.53 bits per heavy atom. The minimum absolute atomic E-state index is 0. The molecule has 0 fully saturated rings.